The van der Waals surface area contributed by atoms with Gasteiger partial charge in [0.25, 0.3) is 10.0 Å². The summed E-state index contributed by atoms with van der Waals surface area (Å²) in [6, 6.07) is 10.2. The Balaban J connectivity index is 2.10. The fourth-order valence-electron chi connectivity index (χ4n) is 1.57. The lowest BCUT2D eigenvalue weighted by atomic mass is 10.1. The van der Waals surface area contributed by atoms with E-state index in [-0.39, 0.29) is 11.6 Å². The van der Waals surface area contributed by atoms with Crippen molar-refractivity contribution >= 4 is 10.0 Å². The van der Waals surface area contributed by atoms with Crippen molar-refractivity contribution in [3.05, 3.63) is 47.7 Å². The molecule has 1 heterocycles. The van der Waals surface area contributed by atoms with Gasteiger partial charge in [-0.3, -0.25) is 4.68 Å². The molecule has 0 radical (unpaired) electrons. The summed E-state index contributed by atoms with van der Waals surface area (Å²) in [5.74, 6) is 0. The minimum atomic E-state index is -3.58. The summed E-state index contributed by atoms with van der Waals surface area (Å²) in [7, 11) is -2.01. The van der Waals surface area contributed by atoms with Crippen LogP contribution < -0.4 is 4.72 Å². The predicted molar refractivity (Wildman–Crippen MR) is 68.4 cm³/mol. The summed E-state index contributed by atoms with van der Waals surface area (Å²) in [5, 5.41) is 12.6. The van der Waals surface area contributed by atoms with E-state index in [9.17, 15) is 8.42 Å². The van der Waals surface area contributed by atoms with E-state index < -0.39 is 10.0 Å². The van der Waals surface area contributed by atoms with Crippen molar-refractivity contribution in [3.8, 4) is 6.07 Å². The van der Waals surface area contributed by atoms with Crippen LogP contribution in [-0.4, -0.2) is 18.2 Å². The molecule has 0 spiro atoms. The topological polar surface area (TPSA) is 87.8 Å². The molecule has 6 nitrogen and oxygen atoms in total. The molecule has 98 valence electrons. The molecule has 0 atom stereocenters. The smallest absolute Gasteiger partial charge is 0.256 e. The van der Waals surface area contributed by atoms with Crippen molar-refractivity contribution in [1.29, 1.82) is 5.26 Å². The van der Waals surface area contributed by atoms with Gasteiger partial charge in [-0.1, -0.05) is 12.1 Å². The quantitative estimate of drug-likeness (QED) is 0.893. The number of benzene rings is 1. The molecule has 2 aromatic rings. The van der Waals surface area contributed by atoms with Gasteiger partial charge in [0.15, 0.2) is 5.03 Å². The van der Waals surface area contributed by atoms with Crippen molar-refractivity contribution in [2.75, 3.05) is 0 Å². The second-order valence-corrected chi connectivity index (χ2v) is 5.64. The molecule has 0 aliphatic rings. The van der Waals surface area contributed by atoms with Crippen molar-refractivity contribution in [3.63, 3.8) is 0 Å². The Labute approximate surface area is 111 Å². The summed E-state index contributed by atoms with van der Waals surface area (Å²) >= 11 is 0. The monoisotopic (exact) mass is 276 g/mol. The Morgan fingerprint density at radius 2 is 2.00 bits per heavy atom. The van der Waals surface area contributed by atoms with E-state index in [0.717, 1.165) is 5.56 Å². The van der Waals surface area contributed by atoms with Crippen LogP contribution in [0.4, 0.5) is 0 Å². The number of hydrogen-bond donors (Lipinski definition) is 1. The van der Waals surface area contributed by atoms with E-state index in [0.29, 0.717) is 5.56 Å². The second-order valence-electron chi connectivity index (χ2n) is 3.93. The van der Waals surface area contributed by atoms with Crippen LogP contribution in [0.5, 0.6) is 0 Å². The highest BCUT2D eigenvalue weighted by molar-refractivity contribution is 7.89. The molecule has 0 saturated carbocycles. The third-order valence-electron chi connectivity index (χ3n) is 2.60. The first-order valence-corrected chi connectivity index (χ1v) is 6.98. The van der Waals surface area contributed by atoms with Gasteiger partial charge in [-0.05, 0) is 23.8 Å². The van der Waals surface area contributed by atoms with Crippen LogP contribution >= 0.6 is 0 Å². The van der Waals surface area contributed by atoms with Gasteiger partial charge in [-0.25, -0.2) is 13.1 Å². The van der Waals surface area contributed by atoms with Crippen LogP contribution in [0.3, 0.4) is 0 Å². The van der Waals surface area contributed by atoms with Crippen molar-refractivity contribution in [2.45, 2.75) is 11.6 Å². The predicted octanol–water partition coefficient (Wildman–Crippen LogP) is 0.770. The lowest BCUT2D eigenvalue weighted by Gasteiger charge is -2.06. The number of rotatable bonds is 4. The molecule has 0 unspecified atom stereocenters. The van der Waals surface area contributed by atoms with Gasteiger partial charge >= 0.3 is 0 Å². The number of nitrogens with one attached hydrogen (secondary N) is 1. The van der Waals surface area contributed by atoms with Crippen molar-refractivity contribution in [2.24, 2.45) is 7.05 Å². The zero-order valence-electron chi connectivity index (χ0n) is 10.2. The van der Waals surface area contributed by atoms with E-state index in [4.69, 9.17) is 5.26 Å². The zero-order chi connectivity index (χ0) is 13.9. The Morgan fingerprint density at radius 1 is 1.32 bits per heavy atom. The van der Waals surface area contributed by atoms with Gasteiger partial charge in [0.2, 0.25) is 0 Å². The molecule has 1 aromatic carbocycles. The third kappa shape index (κ3) is 2.99. The molecule has 0 amide bonds. The molecule has 1 N–H and O–H groups in total. The number of nitrogens with zero attached hydrogens (tertiary/aromatic N) is 3. The maximum absolute atomic E-state index is 12.0. The number of aromatic nitrogens is 2. The highest BCUT2D eigenvalue weighted by Crippen LogP contribution is 2.08. The highest BCUT2D eigenvalue weighted by Gasteiger charge is 2.17. The van der Waals surface area contributed by atoms with Crippen LogP contribution in [0.25, 0.3) is 0 Å². The van der Waals surface area contributed by atoms with E-state index in [1.165, 1.54) is 16.9 Å². The maximum Gasteiger partial charge on any atom is 0.258 e. The standard InChI is InChI=1S/C12H12N4O2S/c1-16-12(6-7-14-16)19(17,18)15-9-11-4-2-10(8-13)3-5-11/h2-7,15H,9H2,1H3. The molecule has 0 bridgehead atoms. The zero-order valence-corrected chi connectivity index (χ0v) is 11.1. The Morgan fingerprint density at radius 3 is 2.53 bits per heavy atom. The fourth-order valence-corrected chi connectivity index (χ4v) is 2.71. The van der Waals surface area contributed by atoms with Gasteiger partial charge in [0.1, 0.15) is 0 Å². The lowest BCUT2D eigenvalue weighted by Crippen LogP contribution is -2.25. The third-order valence-corrected chi connectivity index (χ3v) is 4.08. The van der Waals surface area contributed by atoms with E-state index in [2.05, 4.69) is 9.82 Å². The minimum absolute atomic E-state index is 0.112. The minimum Gasteiger partial charge on any atom is -0.256 e. The molecule has 0 aliphatic carbocycles. The molecule has 2 rings (SSSR count). The molecular weight excluding hydrogens is 264 g/mol. The summed E-state index contributed by atoms with van der Waals surface area (Å²) < 4.78 is 27.7. The highest BCUT2D eigenvalue weighted by atomic mass is 32.2. The van der Waals surface area contributed by atoms with Gasteiger partial charge in [-0.15, -0.1) is 0 Å². The van der Waals surface area contributed by atoms with Crippen LogP contribution in [0.15, 0.2) is 41.6 Å². The van der Waals surface area contributed by atoms with Crippen molar-refractivity contribution in [1.82, 2.24) is 14.5 Å². The Bertz CT molecular complexity index is 711. The van der Waals surface area contributed by atoms with Crippen LogP contribution in [0, 0.1) is 11.3 Å². The average Bonchev–Trinajstić information content (AvgIpc) is 2.84. The number of nitriles is 1. The number of sulfonamides is 1. The molecule has 1 aromatic heterocycles. The first-order valence-electron chi connectivity index (χ1n) is 5.49. The first kappa shape index (κ1) is 13.3. The summed E-state index contributed by atoms with van der Waals surface area (Å²) in [5.41, 5.74) is 1.32. The summed E-state index contributed by atoms with van der Waals surface area (Å²) in [4.78, 5) is 0. The molecule has 19 heavy (non-hydrogen) atoms. The molecule has 0 aliphatic heterocycles. The molecule has 7 heteroatoms. The first-order chi connectivity index (χ1) is 9.03. The Kier molecular flexibility index (Phi) is 3.64. The number of hydrogen-bond acceptors (Lipinski definition) is 4. The van der Waals surface area contributed by atoms with E-state index in [1.54, 1.807) is 31.3 Å². The van der Waals surface area contributed by atoms with Gasteiger partial charge in [0.05, 0.1) is 17.8 Å². The van der Waals surface area contributed by atoms with Crippen molar-refractivity contribution < 1.29 is 8.42 Å². The molecule has 0 fully saturated rings. The SMILES string of the molecule is Cn1nccc1S(=O)(=O)NCc1ccc(C#N)cc1. The lowest BCUT2D eigenvalue weighted by molar-refractivity contribution is 0.563. The largest absolute Gasteiger partial charge is 0.258 e. The van der Waals surface area contributed by atoms with Gasteiger partial charge < -0.3 is 0 Å². The summed E-state index contributed by atoms with van der Waals surface area (Å²) in [6.07, 6.45) is 1.43. The van der Waals surface area contributed by atoms with Crippen LogP contribution in [0.2, 0.25) is 0 Å². The molecular formula is C12H12N4O2S. The molecule has 0 saturated heterocycles. The van der Waals surface area contributed by atoms with E-state index >= 15 is 0 Å². The van der Waals surface area contributed by atoms with E-state index in [1.807, 2.05) is 6.07 Å². The average molecular weight is 276 g/mol. The van der Waals surface area contributed by atoms with Crippen LogP contribution in [-0.2, 0) is 23.6 Å². The normalized spacial score (nSPS) is 11.2. The summed E-state index contributed by atoms with van der Waals surface area (Å²) in [6.45, 7) is 0.166. The Hall–Kier alpha value is -2.17. The maximum atomic E-state index is 12.0. The fraction of sp³-hybridized carbons (Fsp3) is 0.167. The van der Waals surface area contributed by atoms with Crippen LogP contribution in [0.1, 0.15) is 11.1 Å². The van der Waals surface area contributed by atoms with Gasteiger partial charge in [-0.2, -0.15) is 10.4 Å². The second kappa shape index (κ2) is 5.22. The van der Waals surface area contributed by atoms with Gasteiger partial charge in [0, 0.05) is 13.6 Å². The number of aryl methyl sites for hydroxylation is 1.